The van der Waals surface area contributed by atoms with Crippen LogP contribution in [-0.4, -0.2) is 41.1 Å². The predicted octanol–water partition coefficient (Wildman–Crippen LogP) is 5.87. The highest BCUT2D eigenvalue weighted by Gasteiger charge is 2.42. The zero-order valence-electron chi connectivity index (χ0n) is 20.0. The summed E-state index contributed by atoms with van der Waals surface area (Å²) in [5, 5.41) is 0. The number of imide groups is 1. The third kappa shape index (κ3) is 9.48. The Morgan fingerprint density at radius 1 is 1.07 bits per heavy atom. The molecule has 0 aromatic heterocycles. The Morgan fingerprint density at radius 2 is 1.63 bits per heavy atom. The van der Waals surface area contributed by atoms with Crippen LogP contribution < -0.4 is 0 Å². The minimum atomic E-state index is -0.601. The van der Waals surface area contributed by atoms with E-state index in [0.717, 1.165) is 19.3 Å². The molecule has 0 bridgehead atoms. The van der Waals surface area contributed by atoms with E-state index in [4.69, 9.17) is 9.47 Å². The highest BCUT2D eigenvalue weighted by Crippen LogP contribution is 2.26. The summed E-state index contributed by atoms with van der Waals surface area (Å²) in [6.45, 7) is 11.8. The van der Waals surface area contributed by atoms with Crippen LogP contribution in [0.25, 0.3) is 0 Å². The monoisotopic (exact) mass is 425 g/mol. The standard InChI is InChI=1S/C24H43NO5/c1-7-8-9-10-11-12-13-14-15-19(16-21(26)30-24(4,5)6)22(27)25-20(18(2)3)17-29-23(25)28/h18-20H,7-17H2,1-6H3/t19-,20?/m1/s1. The van der Waals surface area contributed by atoms with E-state index < -0.39 is 23.6 Å². The highest BCUT2D eigenvalue weighted by atomic mass is 16.6. The van der Waals surface area contributed by atoms with E-state index in [9.17, 15) is 14.4 Å². The summed E-state index contributed by atoms with van der Waals surface area (Å²) >= 11 is 0. The number of esters is 1. The van der Waals surface area contributed by atoms with Gasteiger partial charge in [0.15, 0.2) is 0 Å². The van der Waals surface area contributed by atoms with E-state index in [1.54, 1.807) is 0 Å². The fraction of sp³-hybridized carbons (Fsp3) is 0.875. The molecule has 0 radical (unpaired) electrons. The molecule has 174 valence electrons. The molecule has 2 amide bonds. The van der Waals surface area contributed by atoms with Crippen LogP contribution >= 0.6 is 0 Å². The smallest absolute Gasteiger partial charge is 0.416 e. The van der Waals surface area contributed by atoms with Gasteiger partial charge in [0.05, 0.1) is 12.5 Å². The molecule has 1 unspecified atom stereocenters. The van der Waals surface area contributed by atoms with Crippen molar-refractivity contribution in [1.82, 2.24) is 4.90 Å². The molecule has 6 nitrogen and oxygen atoms in total. The SMILES string of the molecule is CCCCCCCCCC[C@H](CC(=O)OC(C)(C)C)C(=O)N1C(=O)OCC1C(C)C. The quantitative estimate of drug-likeness (QED) is 0.273. The Balaban J connectivity index is 2.69. The number of rotatable bonds is 13. The summed E-state index contributed by atoms with van der Waals surface area (Å²) in [4.78, 5) is 39.1. The van der Waals surface area contributed by atoms with Crippen molar-refractivity contribution in [2.45, 2.75) is 117 Å². The first kappa shape index (κ1) is 26.4. The molecule has 30 heavy (non-hydrogen) atoms. The van der Waals surface area contributed by atoms with Crippen molar-refractivity contribution in [1.29, 1.82) is 0 Å². The van der Waals surface area contributed by atoms with Crippen LogP contribution in [0.1, 0.15) is 106 Å². The zero-order valence-corrected chi connectivity index (χ0v) is 20.0. The molecule has 6 heteroatoms. The molecule has 1 saturated heterocycles. The fourth-order valence-electron chi connectivity index (χ4n) is 3.80. The van der Waals surface area contributed by atoms with Crippen molar-refractivity contribution in [2.24, 2.45) is 11.8 Å². The molecular formula is C24H43NO5. The second kappa shape index (κ2) is 13.0. The van der Waals surface area contributed by atoms with E-state index in [2.05, 4.69) is 6.92 Å². The lowest BCUT2D eigenvalue weighted by Crippen LogP contribution is -2.45. The topological polar surface area (TPSA) is 72.9 Å². The third-order valence-corrected chi connectivity index (χ3v) is 5.50. The minimum Gasteiger partial charge on any atom is -0.460 e. The Labute approximate surface area is 183 Å². The maximum absolute atomic E-state index is 13.2. The Morgan fingerprint density at radius 3 is 2.17 bits per heavy atom. The van der Waals surface area contributed by atoms with Crippen molar-refractivity contribution < 1.29 is 23.9 Å². The summed E-state index contributed by atoms with van der Waals surface area (Å²) in [6.07, 6.45) is 9.29. The van der Waals surface area contributed by atoms with Crippen LogP contribution in [0.15, 0.2) is 0 Å². The summed E-state index contributed by atoms with van der Waals surface area (Å²) < 4.78 is 10.6. The average Bonchev–Trinajstić information content (AvgIpc) is 3.02. The van der Waals surface area contributed by atoms with Gasteiger partial charge in [-0.25, -0.2) is 9.69 Å². The first-order valence-corrected chi connectivity index (χ1v) is 11.8. The van der Waals surface area contributed by atoms with Crippen LogP contribution in [0.2, 0.25) is 0 Å². The molecule has 1 aliphatic rings. The van der Waals surface area contributed by atoms with Gasteiger partial charge < -0.3 is 9.47 Å². The van der Waals surface area contributed by atoms with Gasteiger partial charge in [-0.1, -0.05) is 72.1 Å². The first-order valence-electron chi connectivity index (χ1n) is 11.8. The number of cyclic esters (lactones) is 1. The zero-order chi connectivity index (χ0) is 22.7. The van der Waals surface area contributed by atoms with E-state index in [-0.39, 0.29) is 30.9 Å². The van der Waals surface area contributed by atoms with Gasteiger partial charge in [-0.3, -0.25) is 9.59 Å². The number of amides is 2. The lowest BCUT2D eigenvalue weighted by molar-refractivity contribution is -0.158. The van der Waals surface area contributed by atoms with Crippen molar-refractivity contribution in [2.75, 3.05) is 6.61 Å². The van der Waals surface area contributed by atoms with Crippen LogP contribution in [0, 0.1) is 11.8 Å². The number of ether oxygens (including phenoxy) is 2. The van der Waals surface area contributed by atoms with Crippen LogP contribution in [0.5, 0.6) is 0 Å². The van der Waals surface area contributed by atoms with Crippen molar-refractivity contribution in [3.8, 4) is 0 Å². The highest BCUT2D eigenvalue weighted by molar-refractivity contribution is 5.96. The minimum absolute atomic E-state index is 0.00119. The number of carbonyl (C=O) groups is 3. The van der Waals surface area contributed by atoms with Gasteiger partial charge in [-0.15, -0.1) is 0 Å². The molecule has 1 rings (SSSR count). The number of unbranched alkanes of at least 4 members (excludes halogenated alkanes) is 7. The van der Waals surface area contributed by atoms with E-state index in [0.29, 0.717) is 6.42 Å². The largest absolute Gasteiger partial charge is 0.460 e. The van der Waals surface area contributed by atoms with Gasteiger partial charge in [0.2, 0.25) is 5.91 Å². The maximum atomic E-state index is 13.2. The number of nitrogens with zero attached hydrogens (tertiary/aromatic N) is 1. The van der Waals surface area contributed by atoms with Crippen LogP contribution in [0.3, 0.4) is 0 Å². The molecule has 0 saturated carbocycles. The Hall–Kier alpha value is -1.59. The van der Waals surface area contributed by atoms with Crippen LogP contribution in [-0.2, 0) is 19.1 Å². The molecule has 0 aliphatic carbocycles. The number of hydrogen-bond acceptors (Lipinski definition) is 5. The Bertz CT molecular complexity index is 552. The first-order chi connectivity index (χ1) is 14.1. The molecule has 0 N–H and O–H groups in total. The summed E-state index contributed by atoms with van der Waals surface area (Å²) in [5.41, 5.74) is -0.601. The number of carbonyl (C=O) groups excluding carboxylic acids is 3. The lowest BCUT2D eigenvalue weighted by atomic mass is 9.94. The maximum Gasteiger partial charge on any atom is 0.416 e. The van der Waals surface area contributed by atoms with E-state index >= 15 is 0 Å². The molecule has 0 aromatic rings. The third-order valence-electron chi connectivity index (χ3n) is 5.50. The molecular weight excluding hydrogens is 382 g/mol. The molecule has 1 heterocycles. The van der Waals surface area contributed by atoms with Gasteiger partial charge in [-0.2, -0.15) is 0 Å². The normalized spacial score (nSPS) is 17.9. The second-order valence-electron chi connectivity index (χ2n) is 9.85. The van der Waals surface area contributed by atoms with Gasteiger partial charge in [-0.05, 0) is 33.1 Å². The van der Waals surface area contributed by atoms with Gasteiger partial charge in [0.25, 0.3) is 0 Å². The summed E-state index contributed by atoms with van der Waals surface area (Å²) in [6, 6.07) is -0.273. The van der Waals surface area contributed by atoms with E-state index in [1.807, 2.05) is 34.6 Å². The van der Waals surface area contributed by atoms with E-state index in [1.165, 1.54) is 37.0 Å². The van der Waals surface area contributed by atoms with Gasteiger partial charge >= 0.3 is 12.1 Å². The van der Waals surface area contributed by atoms with Crippen LogP contribution in [0.4, 0.5) is 4.79 Å². The van der Waals surface area contributed by atoms with Crippen molar-refractivity contribution >= 4 is 18.0 Å². The molecule has 1 aliphatic heterocycles. The Kier molecular flexibility index (Phi) is 11.4. The second-order valence-corrected chi connectivity index (χ2v) is 9.85. The molecule has 1 fully saturated rings. The molecule has 2 atom stereocenters. The lowest BCUT2D eigenvalue weighted by Gasteiger charge is -2.27. The molecule has 0 spiro atoms. The van der Waals surface area contributed by atoms with Gasteiger partial charge in [0.1, 0.15) is 12.2 Å². The number of hydrogen-bond donors (Lipinski definition) is 0. The van der Waals surface area contributed by atoms with Gasteiger partial charge in [0, 0.05) is 5.92 Å². The average molecular weight is 426 g/mol. The summed E-state index contributed by atoms with van der Waals surface area (Å²) in [5.74, 6) is -1.14. The predicted molar refractivity (Wildman–Crippen MR) is 118 cm³/mol. The van der Waals surface area contributed by atoms with Crippen molar-refractivity contribution in [3.05, 3.63) is 0 Å². The fourth-order valence-corrected chi connectivity index (χ4v) is 3.80. The molecule has 0 aromatic carbocycles. The summed E-state index contributed by atoms with van der Waals surface area (Å²) in [7, 11) is 0. The van der Waals surface area contributed by atoms with Crippen molar-refractivity contribution in [3.63, 3.8) is 0 Å².